The van der Waals surface area contributed by atoms with Crippen molar-refractivity contribution in [1.29, 1.82) is 0 Å². The van der Waals surface area contributed by atoms with Gasteiger partial charge in [0.05, 0.1) is 0 Å². The summed E-state index contributed by atoms with van der Waals surface area (Å²) in [6.07, 6.45) is -1.23. The van der Waals surface area contributed by atoms with Crippen LogP contribution in [0, 0.1) is 0 Å². The molecule has 1 aromatic rings. The molecule has 0 saturated carbocycles. The number of rotatable bonds is 5. The number of ether oxygens (including phenoxy) is 1. The molecule has 3 amide bonds. The van der Waals surface area contributed by atoms with E-state index in [2.05, 4.69) is 4.84 Å². The number of aliphatic hydroxyl groups is 1. The number of carbonyl (C=O) groups excluding carboxylic acids is 4. The van der Waals surface area contributed by atoms with Crippen LogP contribution in [0.5, 0.6) is 0 Å². The number of hydroxylamine groups is 2. The van der Waals surface area contributed by atoms with Crippen molar-refractivity contribution in [3.05, 3.63) is 35.9 Å². The molecule has 0 spiro atoms. The Morgan fingerprint density at radius 3 is 2.38 bits per heavy atom. The van der Waals surface area contributed by atoms with Crippen LogP contribution in [0.3, 0.4) is 0 Å². The molecule has 9 nitrogen and oxygen atoms in total. The van der Waals surface area contributed by atoms with E-state index >= 15 is 0 Å². The van der Waals surface area contributed by atoms with E-state index in [1.54, 1.807) is 30.3 Å². The maximum Gasteiger partial charge on any atom is 0.410 e. The van der Waals surface area contributed by atoms with Crippen LogP contribution >= 0.6 is 0 Å². The van der Waals surface area contributed by atoms with Gasteiger partial charge in [0.2, 0.25) is 5.72 Å². The quantitative estimate of drug-likeness (QED) is 0.583. The molecule has 1 aromatic carbocycles. The fourth-order valence-corrected chi connectivity index (χ4v) is 1.84. The molecule has 0 bridgehead atoms. The van der Waals surface area contributed by atoms with Gasteiger partial charge in [0.25, 0.3) is 11.8 Å². The summed E-state index contributed by atoms with van der Waals surface area (Å²) < 4.78 is 4.86. The third-order valence-electron chi connectivity index (χ3n) is 3.14. The van der Waals surface area contributed by atoms with Crippen molar-refractivity contribution in [2.75, 3.05) is 0 Å². The van der Waals surface area contributed by atoms with E-state index in [0.29, 0.717) is 5.56 Å². The molecule has 128 valence electrons. The van der Waals surface area contributed by atoms with Gasteiger partial charge < -0.3 is 14.7 Å². The molecular weight excluding hydrogens is 320 g/mol. The summed E-state index contributed by atoms with van der Waals surface area (Å²) in [5, 5.41) is 12.1. The van der Waals surface area contributed by atoms with Crippen molar-refractivity contribution in [3.8, 4) is 0 Å². The van der Waals surface area contributed by atoms with Crippen molar-refractivity contribution in [2.45, 2.75) is 32.1 Å². The van der Waals surface area contributed by atoms with Gasteiger partial charge >= 0.3 is 12.1 Å². The number of hydrogen-bond acceptors (Lipinski definition) is 7. The van der Waals surface area contributed by atoms with Crippen molar-refractivity contribution in [3.63, 3.8) is 0 Å². The van der Waals surface area contributed by atoms with Crippen LogP contribution in [0.25, 0.3) is 0 Å². The minimum absolute atomic E-state index is 0.0686. The second-order valence-electron chi connectivity index (χ2n) is 5.22. The van der Waals surface area contributed by atoms with Crippen molar-refractivity contribution < 1.29 is 33.9 Å². The molecule has 2 rings (SSSR count). The zero-order valence-electron chi connectivity index (χ0n) is 12.9. The first-order valence-corrected chi connectivity index (χ1v) is 7.09. The highest BCUT2D eigenvalue weighted by Gasteiger charge is 2.40. The third kappa shape index (κ3) is 4.29. The Labute approximate surface area is 137 Å². The van der Waals surface area contributed by atoms with Gasteiger partial charge in [-0.2, -0.15) is 0 Å². The fraction of sp³-hybridized carbons (Fsp3) is 0.333. The zero-order chi connectivity index (χ0) is 17.7. The summed E-state index contributed by atoms with van der Waals surface area (Å²) >= 11 is 0. The van der Waals surface area contributed by atoms with E-state index in [1.807, 2.05) is 5.32 Å². The van der Waals surface area contributed by atoms with Gasteiger partial charge in [-0.1, -0.05) is 30.3 Å². The highest BCUT2D eigenvalue weighted by molar-refractivity contribution is 6.02. The maximum atomic E-state index is 11.8. The Morgan fingerprint density at radius 1 is 1.21 bits per heavy atom. The average Bonchev–Trinajstić information content (AvgIpc) is 2.85. The first kappa shape index (κ1) is 17.4. The van der Waals surface area contributed by atoms with Gasteiger partial charge in [0.1, 0.15) is 6.61 Å². The maximum absolute atomic E-state index is 11.8. The van der Waals surface area contributed by atoms with Gasteiger partial charge in [0.15, 0.2) is 0 Å². The minimum atomic E-state index is -2.48. The number of amides is 3. The molecule has 2 N–H and O–H groups in total. The monoisotopic (exact) mass is 336 g/mol. The number of nitrogens with zero attached hydrogens (tertiary/aromatic N) is 1. The lowest BCUT2D eigenvalue weighted by Crippen LogP contribution is -2.55. The normalized spacial score (nSPS) is 16.5. The predicted octanol–water partition coefficient (Wildman–Crippen LogP) is 0.228. The lowest BCUT2D eigenvalue weighted by molar-refractivity contribution is -0.211. The van der Waals surface area contributed by atoms with Crippen molar-refractivity contribution in [1.82, 2.24) is 10.4 Å². The van der Waals surface area contributed by atoms with Crippen molar-refractivity contribution >= 4 is 23.9 Å². The lowest BCUT2D eigenvalue weighted by atomic mass is 10.2. The smallest absolute Gasteiger partial charge is 0.410 e. The standard InChI is InChI=1S/C15H16N2O7/c1-15(22,13(20)24-17-11(18)7-8-12(17)19)16-14(21)23-9-10-5-3-2-4-6-10/h2-6,22H,7-9H2,1H3,(H,16,21)/t15-/m0/s1. The van der Waals surface area contributed by atoms with Crippen LogP contribution in [-0.4, -0.2) is 39.8 Å². The molecule has 9 heteroatoms. The molecule has 1 heterocycles. The van der Waals surface area contributed by atoms with Crippen LogP contribution in [0.1, 0.15) is 25.3 Å². The minimum Gasteiger partial charge on any atom is -0.445 e. The number of benzene rings is 1. The summed E-state index contributed by atoms with van der Waals surface area (Å²) in [5.74, 6) is -2.78. The number of hydrogen-bond donors (Lipinski definition) is 2. The van der Waals surface area contributed by atoms with E-state index in [-0.39, 0.29) is 24.5 Å². The third-order valence-corrected chi connectivity index (χ3v) is 3.14. The molecule has 1 atom stereocenters. The van der Waals surface area contributed by atoms with E-state index < -0.39 is 29.6 Å². The SMILES string of the molecule is C[C@@](O)(NC(=O)OCc1ccccc1)C(=O)ON1C(=O)CCC1=O. The van der Waals surface area contributed by atoms with Gasteiger partial charge in [-0.15, -0.1) is 5.06 Å². The fourth-order valence-electron chi connectivity index (χ4n) is 1.84. The topological polar surface area (TPSA) is 122 Å². The number of nitrogens with one attached hydrogen (secondary N) is 1. The largest absolute Gasteiger partial charge is 0.445 e. The summed E-state index contributed by atoms with van der Waals surface area (Å²) in [6.45, 7) is 0.866. The molecule has 1 fully saturated rings. The van der Waals surface area contributed by atoms with E-state index in [9.17, 15) is 24.3 Å². The van der Waals surface area contributed by atoms with Gasteiger partial charge in [0, 0.05) is 12.8 Å². The van der Waals surface area contributed by atoms with Gasteiger partial charge in [-0.25, -0.2) is 9.59 Å². The Morgan fingerprint density at radius 2 is 1.79 bits per heavy atom. The molecule has 0 unspecified atom stereocenters. The molecule has 0 aromatic heterocycles. The zero-order valence-corrected chi connectivity index (χ0v) is 12.9. The molecule has 1 aliphatic heterocycles. The van der Waals surface area contributed by atoms with E-state index in [4.69, 9.17) is 4.74 Å². The van der Waals surface area contributed by atoms with E-state index in [1.165, 1.54) is 0 Å². The van der Waals surface area contributed by atoms with Crippen LogP contribution in [0.2, 0.25) is 0 Å². The molecule has 0 radical (unpaired) electrons. The molecule has 24 heavy (non-hydrogen) atoms. The number of carbonyl (C=O) groups is 4. The highest BCUT2D eigenvalue weighted by Crippen LogP contribution is 2.14. The molecule has 0 aliphatic carbocycles. The molecule has 1 saturated heterocycles. The van der Waals surface area contributed by atoms with Gasteiger partial charge in [-0.05, 0) is 12.5 Å². The Kier molecular flexibility index (Phi) is 5.14. The highest BCUT2D eigenvalue weighted by atomic mass is 16.7. The lowest BCUT2D eigenvalue weighted by Gasteiger charge is -2.23. The second-order valence-corrected chi connectivity index (χ2v) is 5.22. The second kappa shape index (κ2) is 7.09. The molecule has 1 aliphatic rings. The Bertz CT molecular complexity index is 641. The number of alkyl carbamates (subject to hydrolysis) is 1. The summed E-state index contributed by atoms with van der Waals surface area (Å²) in [7, 11) is 0. The average molecular weight is 336 g/mol. The van der Waals surface area contributed by atoms with Crippen LogP contribution in [0.15, 0.2) is 30.3 Å². The van der Waals surface area contributed by atoms with Crippen LogP contribution in [0.4, 0.5) is 4.79 Å². The number of imide groups is 1. The first-order chi connectivity index (χ1) is 11.3. The Balaban J connectivity index is 1.87. The Hall–Kier alpha value is -2.94. The van der Waals surface area contributed by atoms with Crippen LogP contribution in [-0.2, 0) is 30.6 Å². The van der Waals surface area contributed by atoms with Crippen LogP contribution < -0.4 is 5.32 Å². The van der Waals surface area contributed by atoms with E-state index in [0.717, 1.165) is 6.92 Å². The summed E-state index contributed by atoms with van der Waals surface area (Å²) in [4.78, 5) is 50.8. The first-order valence-electron chi connectivity index (χ1n) is 7.09. The summed E-state index contributed by atoms with van der Waals surface area (Å²) in [5.41, 5.74) is -1.76. The molecular formula is C15H16N2O7. The predicted molar refractivity (Wildman–Crippen MR) is 77.6 cm³/mol. The van der Waals surface area contributed by atoms with Crippen molar-refractivity contribution in [2.24, 2.45) is 0 Å². The summed E-state index contributed by atoms with van der Waals surface area (Å²) in [6, 6.07) is 8.77. The van der Waals surface area contributed by atoms with Gasteiger partial charge in [-0.3, -0.25) is 14.9 Å².